The number of hydrogen-bond donors (Lipinski definition) is 1. The van der Waals surface area contributed by atoms with E-state index in [0.717, 1.165) is 15.3 Å². The van der Waals surface area contributed by atoms with Gasteiger partial charge < -0.3 is 9.05 Å². The third-order valence-electron chi connectivity index (χ3n) is 2.26. The molecule has 17 heavy (non-hydrogen) atoms. The van der Waals surface area contributed by atoms with Crippen LogP contribution >= 0.6 is 18.0 Å². The number of rotatable bonds is 4. The minimum absolute atomic E-state index is 0.734. The van der Waals surface area contributed by atoms with Gasteiger partial charge in [-0.3, -0.25) is 5.09 Å². The third kappa shape index (κ3) is 2.84. The van der Waals surface area contributed by atoms with Crippen LogP contribution in [0.4, 0.5) is 5.13 Å². The number of aromatic nitrogens is 1. The van der Waals surface area contributed by atoms with E-state index in [1.807, 2.05) is 12.1 Å². The van der Waals surface area contributed by atoms with E-state index in [2.05, 4.69) is 23.1 Å². The number of nitrogens with one attached hydrogen (secondary N) is 1. The summed E-state index contributed by atoms with van der Waals surface area (Å²) in [6.45, 7) is -0.382. The molecule has 0 spiro atoms. The molecule has 0 unspecified atom stereocenters. The fraction of sp³-hybridized carbons (Fsp3) is 0.300. The van der Waals surface area contributed by atoms with Gasteiger partial charge in [-0.15, -0.1) is 0 Å². The molecule has 1 aromatic carbocycles. The molecule has 0 saturated carbocycles. The molecule has 1 N–H and O–H groups in total. The van der Waals surface area contributed by atoms with Crippen LogP contribution in [0.2, 0.25) is 0 Å². The summed E-state index contributed by atoms with van der Waals surface area (Å²) in [5.74, 6) is 0. The van der Waals surface area contributed by atoms with Gasteiger partial charge in [0.15, 0.2) is 5.13 Å². The van der Waals surface area contributed by atoms with Gasteiger partial charge in [0.25, 0.3) is 6.64 Å². The molecule has 0 aliphatic rings. The van der Waals surface area contributed by atoms with E-state index in [-0.39, 0.29) is 0 Å². The second-order valence-electron chi connectivity index (χ2n) is 3.46. The second kappa shape index (κ2) is 5.00. The number of thiazole rings is 1. The normalized spacial score (nSPS) is 11.9. The standard InChI is InChI=1S/C10H13N2O2PS2/c1-7-4-5-8-9(6-7)17-10(11-8)12-15(16,13-2)14-3/h4-6H,1-3H3,(H,11,12,16). The summed E-state index contributed by atoms with van der Waals surface area (Å²) in [5.41, 5.74) is 2.17. The van der Waals surface area contributed by atoms with Crippen molar-refractivity contribution in [3.8, 4) is 0 Å². The van der Waals surface area contributed by atoms with Crippen molar-refractivity contribution < 1.29 is 9.05 Å². The van der Waals surface area contributed by atoms with E-state index in [1.54, 1.807) is 11.3 Å². The van der Waals surface area contributed by atoms with Crippen LogP contribution in [0.3, 0.4) is 0 Å². The molecule has 0 bridgehead atoms. The van der Waals surface area contributed by atoms with Crippen LogP contribution < -0.4 is 5.09 Å². The molecule has 0 radical (unpaired) electrons. The molecule has 0 aliphatic carbocycles. The third-order valence-corrected chi connectivity index (χ3v) is 5.96. The monoisotopic (exact) mass is 288 g/mol. The van der Waals surface area contributed by atoms with E-state index in [9.17, 15) is 0 Å². The van der Waals surface area contributed by atoms with Gasteiger partial charge in [-0.05, 0) is 36.4 Å². The molecule has 2 aromatic rings. The van der Waals surface area contributed by atoms with Crippen LogP contribution in [-0.4, -0.2) is 19.2 Å². The van der Waals surface area contributed by atoms with E-state index < -0.39 is 6.64 Å². The largest absolute Gasteiger partial charge is 0.317 e. The lowest BCUT2D eigenvalue weighted by atomic mass is 10.2. The van der Waals surface area contributed by atoms with Crippen LogP contribution in [0.15, 0.2) is 18.2 Å². The molecule has 7 heteroatoms. The maximum absolute atomic E-state index is 5.24. The Hall–Kier alpha value is -0.520. The quantitative estimate of drug-likeness (QED) is 0.872. The molecule has 1 heterocycles. The number of hydrogen-bond acceptors (Lipinski definition) is 5. The first-order valence-corrected chi connectivity index (χ1v) is 8.39. The zero-order valence-corrected chi connectivity index (χ0v) is 12.3. The number of fused-ring (bicyclic) bond motifs is 1. The molecule has 1 aromatic heterocycles. The first kappa shape index (κ1) is 12.9. The summed E-state index contributed by atoms with van der Waals surface area (Å²) in [5, 5.41) is 3.79. The van der Waals surface area contributed by atoms with Crippen molar-refractivity contribution >= 4 is 45.1 Å². The van der Waals surface area contributed by atoms with Gasteiger partial charge in [-0.1, -0.05) is 17.4 Å². The minimum atomic E-state index is -2.44. The van der Waals surface area contributed by atoms with Crippen molar-refractivity contribution in [3.63, 3.8) is 0 Å². The van der Waals surface area contributed by atoms with Crippen LogP contribution in [0, 0.1) is 6.92 Å². The summed E-state index contributed by atoms with van der Waals surface area (Å²) in [6.07, 6.45) is 0. The van der Waals surface area contributed by atoms with Crippen LogP contribution in [0.1, 0.15) is 5.56 Å². The van der Waals surface area contributed by atoms with Crippen LogP contribution in [0.5, 0.6) is 0 Å². The van der Waals surface area contributed by atoms with Crippen molar-refractivity contribution in [2.75, 3.05) is 19.3 Å². The highest BCUT2D eigenvalue weighted by molar-refractivity contribution is 8.10. The van der Waals surface area contributed by atoms with Crippen molar-refractivity contribution in [2.45, 2.75) is 6.92 Å². The Kier molecular flexibility index (Phi) is 3.80. The Bertz CT molecular complexity index is 577. The topological polar surface area (TPSA) is 43.4 Å². The Morgan fingerprint density at radius 2 is 2.06 bits per heavy atom. The smallest absolute Gasteiger partial charge is 0.288 e. The van der Waals surface area contributed by atoms with Crippen molar-refractivity contribution in [1.82, 2.24) is 4.98 Å². The average Bonchev–Trinajstić information content (AvgIpc) is 2.70. The first-order valence-electron chi connectivity index (χ1n) is 4.93. The van der Waals surface area contributed by atoms with Gasteiger partial charge in [-0.25, -0.2) is 4.98 Å². The first-order chi connectivity index (χ1) is 8.06. The van der Waals surface area contributed by atoms with E-state index >= 15 is 0 Å². The van der Waals surface area contributed by atoms with Crippen LogP contribution in [0.25, 0.3) is 10.2 Å². The van der Waals surface area contributed by atoms with Gasteiger partial charge in [0.2, 0.25) is 0 Å². The fourth-order valence-corrected chi connectivity index (χ4v) is 3.77. The number of nitrogens with zero attached hydrogens (tertiary/aromatic N) is 1. The SMILES string of the molecule is COP(=S)(Nc1nc2ccc(C)cc2s1)OC. The highest BCUT2D eigenvalue weighted by Crippen LogP contribution is 2.47. The lowest BCUT2D eigenvalue weighted by molar-refractivity contribution is 0.342. The second-order valence-corrected chi connectivity index (χ2v) is 7.89. The molecule has 4 nitrogen and oxygen atoms in total. The summed E-state index contributed by atoms with van der Waals surface area (Å²) >= 11 is 6.79. The predicted octanol–water partition coefficient (Wildman–Crippen LogP) is 3.53. The molecular weight excluding hydrogens is 275 g/mol. The number of anilines is 1. The minimum Gasteiger partial charge on any atom is -0.317 e. The van der Waals surface area contributed by atoms with E-state index in [4.69, 9.17) is 20.9 Å². The molecule has 2 rings (SSSR count). The highest BCUT2D eigenvalue weighted by atomic mass is 32.5. The lowest BCUT2D eigenvalue weighted by Crippen LogP contribution is -1.99. The summed E-state index contributed by atoms with van der Waals surface area (Å²) in [4.78, 5) is 4.44. The zero-order valence-electron chi connectivity index (χ0n) is 9.76. The molecule has 0 aliphatic heterocycles. The molecule has 0 fully saturated rings. The Balaban J connectivity index is 2.34. The molecule has 0 saturated heterocycles. The predicted molar refractivity (Wildman–Crippen MR) is 76.3 cm³/mol. The van der Waals surface area contributed by atoms with Gasteiger partial charge in [0.1, 0.15) is 0 Å². The van der Waals surface area contributed by atoms with E-state index in [0.29, 0.717) is 0 Å². The summed E-state index contributed by atoms with van der Waals surface area (Å²) in [6, 6.07) is 6.13. The zero-order chi connectivity index (χ0) is 12.5. The van der Waals surface area contributed by atoms with E-state index in [1.165, 1.54) is 19.8 Å². The molecular formula is C10H13N2O2PS2. The Morgan fingerprint density at radius 1 is 1.35 bits per heavy atom. The Labute approximate surface area is 109 Å². The van der Waals surface area contributed by atoms with Gasteiger partial charge in [0, 0.05) is 14.2 Å². The lowest BCUT2D eigenvalue weighted by Gasteiger charge is -2.17. The summed E-state index contributed by atoms with van der Waals surface area (Å²) in [7, 11) is 3.07. The number of benzene rings is 1. The van der Waals surface area contributed by atoms with Gasteiger partial charge in [0.05, 0.1) is 10.2 Å². The summed E-state index contributed by atoms with van der Waals surface area (Å²) < 4.78 is 11.5. The molecule has 92 valence electrons. The number of aryl methyl sites for hydroxylation is 1. The van der Waals surface area contributed by atoms with Crippen LogP contribution in [-0.2, 0) is 20.9 Å². The van der Waals surface area contributed by atoms with Crippen molar-refractivity contribution in [2.24, 2.45) is 0 Å². The maximum Gasteiger partial charge on any atom is 0.288 e. The Morgan fingerprint density at radius 3 is 2.71 bits per heavy atom. The average molecular weight is 288 g/mol. The molecule has 0 atom stereocenters. The van der Waals surface area contributed by atoms with Crippen molar-refractivity contribution in [1.29, 1.82) is 0 Å². The maximum atomic E-state index is 5.24. The molecule has 0 amide bonds. The highest BCUT2D eigenvalue weighted by Gasteiger charge is 2.17. The van der Waals surface area contributed by atoms with Gasteiger partial charge in [-0.2, -0.15) is 0 Å². The fourth-order valence-electron chi connectivity index (χ4n) is 1.36. The van der Waals surface area contributed by atoms with Crippen molar-refractivity contribution in [3.05, 3.63) is 23.8 Å². The van der Waals surface area contributed by atoms with Gasteiger partial charge >= 0.3 is 0 Å².